The number of halogens is 4. The monoisotopic (exact) mass is 318 g/mol. The standard InChI is InChI=1S/C11H6BrF3N2O/c12-9-5-10(17-6-16-9)18-8-4-2-1-3-7(8)11(13,14)15/h1-6H. The van der Waals surface area contributed by atoms with E-state index in [-0.39, 0.29) is 11.6 Å². The Kier molecular flexibility index (Phi) is 3.51. The SMILES string of the molecule is FC(F)(F)c1ccccc1Oc1cc(Br)ncn1. The minimum Gasteiger partial charge on any atom is -0.438 e. The highest BCUT2D eigenvalue weighted by molar-refractivity contribution is 9.10. The summed E-state index contributed by atoms with van der Waals surface area (Å²) in [6.07, 6.45) is -3.28. The summed E-state index contributed by atoms with van der Waals surface area (Å²) in [6.45, 7) is 0. The third kappa shape index (κ3) is 2.98. The smallest absolute Gasteiger partial charge is 0.419 e. The normalized spacial score (nSPS) is 11.3. The average molecular weight is 319 g/mol. The third-order valence-electron chi connectivity index (χ3n) is 2.02. The zero-order chi connectivity index (χ0) is 13.2. The molecular weight excluding hydrogens is 313 g/mol. The van der Waals surface area contributed by atoms with Crippen LogP contribution in [-0.4, -0.2) is 9.97 Å². The zero-order valence-electron chi connectivity index (χ0n) is 8.78. The number of para-hydroxylation sites is 1. The summed E-state index contributed by atoms with van der Waals surface area (Å²) in [4.78, 5) is 7.48. The first-order chi connectivity index (χ1) is 8.47. The van der Waals surface area contributed by atoms with Gasteiger partial charge < -0.3 is 4.74 Å². The maximum Gasteiger partial charge on any atom is 0.419 e. The molecule has 1 aromatic heterocycles. The van der Waals surface area contributed by atoms with E-state index in [9.17, 15) is 13.2 Å². The Hall–Kier alpha value is -1.63. The first kappa shape index (κ1) is 12.8. The third-order valence-corrected chi connectivity index (χ3v) is 2.45. The second-order valence-electron chi connectivity index (χ2n) is 3.27. The Bertz CT molecular complexity index is 560. The van der Waals surface area contributed by atoms with Crippen molar-refractivity contribution in [1.29, 1.82) is 0 Å². The lowest BCUT2D eigenvalue weighted by molar-refractivity contribution is -0.138. The lowest BCUT2D eigenvalue weighted by atomic mass is 10.2. The summed E-state index contributed by atoms with van der Waals surface area (Å²) in [5, 5.41) is 0. The number of alkyl halides is 3. The van der Waals surface area contributed by atoms with Crippen molar-refractivity contribution in [3.8, 4) is 11.6 Å². The van der Waals surface area contributed by atoms with Gasteiger partial charge in [0, 0.05) is 6.07 Å². The fraction of sp³-hybridized carbons (Fsp3) is 0.0909. The van der Waals surface area contributed by atoms with E-state index >= 15 is 0 Å². The van der Waals surface area contributed by atoms with Crippen LogP contribution < -0.4 is 4.74 Å². The van der Waals surface area contributed by atoms with Crippen molar-refractivity contribution in [2.45, 2.75) is 6.18 Å². The molecule has 0 atom stereocenters. The van der Waals surface area contributed by atoms with Gasteiger partial charge in [0.15, 0.2) is 0 Å². The van der Waals surface area contributed by atoms with Gasteiger partial charge in [0.1, 0.15) is 16.7 Å². The molecule has 0 saturated carbocycles. The highest BCUT2D eigenvalue weighted by Crippen LogP contribution is 2.37. The number of benzene rings is 1. The van der Waals surface area contributed by atoms with E-state index in [1.54, 1.807) is 0 Å². The molecule has 0 bridgehead atoms. The molecule has 0 spiro atoms. The molecule has 0 radical (unpaired) electrons. The van der Waals surface area contributed by atoms with Crippen molar-refractivity contribution in [2.75, 3.05) is 0 Å². The van der Waals surface area contributed by atoms with Crippen LogP contribution in [0, 0.1) is 0 Å². The molecule has 94 valence electrons. The van der Waals surface area contributed by atoms with Gasteiger partial charge in [-0.2, -0.15) is 13.2 Å². The summed E-state index contributed by atoms with van der Waals surface area (Å²) < 4.78 is 43.7. The highest BCUT2D eigenvalue weighted by Gasteiger charge is 2.34. The average Bonchev–Trinajstić information content (AvgIpc) is 2.28. The van der Waals surface area contributed by atoms with Crippen LogP contribution in [-0.2, 0) is 6.18 Å². The van der Waals surface area contributed by atoms with Crippen molar-refractivity contribution in [3.63, 3.8) is 0 Å². The highest BCUT2D eigenvalue weighted by atomic mass is 79.9. The minimum atomic E-state index is -4.47. The van der Waals surface area contributed by atoms with E-state index in [2.05, 4.69) is 25.9 Å². The maximum atomic E-state index is 12.7. The van der Waals surface area contributed by atoms with Crippen LogP contribution in [0.15, 0.2) is 41.3 Å². The van der Waals surface area contributed by atoms with E-state index in [1.165, 1.54) is 30.6 Å². The van der Waals surface area contributed by atoms with Gasteiger partial charge in [-0.05, 0) is 28.1 Å². The van der Waals surface area contributed by atoms with Crippen molar-refractivity contribution < 1.29 is 17.9 Å². The molecule has 18 heavy (non-hydrogen) atoms. The number of hydrogen-bond donors (Lipinski definition) is 0. The van der Waals surface area contributed by atoms with Gasteiger partial charge in [-0.1, -0.05) is 12.1 Å². The van der Waals surface area contributed by atoms with Crippen LogP contribution in [0.1, 0.15) is 5.56 Å². The van der Waals surface area contributed by atoms with E-state index in [1.807, 2.05) is 0 Å². The molecule has 1 heterocycles. The quantitative estimate of drug-likeness (QED) is 0.783. The first-order valence-electron chi connectivity index (χ1n) is 4.78. The number of rotatable bonds is 2. The Morgan fingerprint density at radius 2 is 1.83 bits per heavy atom. The predicted molar refractivity (Wildman–Crippen MR) is 61.3 cm³/mol. The zero-order valence-corrected chi connectivity index (χ0v) is 10.4. The van der Waals surface area contributed by atoms with E-state index in [0.29, 0.717) is 4.60 Å². The molecule has 0 amide bonds. The molecule has 0 aliphatic carbocycles. The van der Waals surface area contributed by atoms with Crippen molar-refractivity contribution in [1.82, 2.24) is 9.97 Å². The summed E-state index contributed by atoms with van der Waals surface area (Å²) in [7, 11) is 0. The number of hydrogen-bond acceptors (Lipinski definition) is 3. The van der Waals surface area contributed by atoms with Crippen LogP contribution in [0.3, 0.4) is 0 Å². The van der Waals surface area contributed by atoms with Gasteiger partial charge in [-0.3, -0.25) is 0 Å². The largest absolute Gasteiger partial charge is 0.438 e. The number of aromatic nitrogens is 2. The van der Waals surface area contributed by atoms with Gasteiger partial charge in [-0.25, -0.2) is 9.97 Å². The minimum absolute atomic E-state index is 0.0357. The van der Waals surface area contributed by atoms with Crippen LogP contribution in [0.2, 0.25) is 0 Å². The molecule has 2 rings (SSSR count). The maximum absolute atomic E-state index is 12.7. The summed E-state index contributed by atoms with van der Waals surface area (Å²) in [5.41, 5.74) is -0.847. The molecule has 0 fully saturated rings. The first-order valence-corrected chi connectivity index (χ1v) is 5.58. The van der Waals surface area contributed by atoms with Crippen LogP contribution >= 0.6 is 15.9 Å². The van der Waals surface area contributed by atoms with E-state index < -0.39 is 11.7 Å². The van der Waals surface area contributed by atoms with Crippen LogP contribution in [0.4, 0.5) is 13.2 Å². The molecular formula is C11H6BrF3N2O. The molecule has 0 N–H and O–H groups in total. The van der Waals surface area contributed by atoms with Gasteiger partial charge in [0.2, 0.25) is 5.88 Å². The van der Waals surface area contributed by atoms with Crippen molar-refractivity contribution in [2.24, 2.45) is 0 Å². The molecule has 0 aliphatic rings. The fourth-order valence-electron chi connectivity index (χ4n) is 1.28. The Balaban J connectivity index is 2.35. The second kappa shape index (κ2) is 4.93. The van der Waals surface area contributed by atoms with Crippen molar-refractivity contribution >= 4 is 15.9 Å². The Morgan fingerprint density at radius 3 is 2.50 bits per heavy atom. The number of nitrogens with zero attached hydrogens (tertiary/aromatic N) is 2. The molecule has 3 nitrogen and oxygen atoms in total. The molecule has 0 saturated heterocycles. The summed E-state index contributed by atoms with van der Waals surface area (Å²) in [6, 6.07) is 6.32. The lowest BCUT2D eigenvalue weighted by Crippen LogP contribution is -2.07. The second-order valence-corrected chi connectivity index (χ2v) is 4.09. The molecule has 0 aliphatic heterocycles. The molecule has 0 unspecified atom stereocenters. The van der Waals surface area contributed by atoms with Crippen molar-refractivity contribution in [3.05, 3.63) is 46.8 Å². The van der Waals surface area contributed by atoms with Gasteiger partial charge >= 0.3 is 6.18 Å². The van der Waals surface area contributed by atoms with E-state index in [0.717, 1.165) is 6.07 Å². The van der Waals surface area contributed by atoms with E-state index in [4.69, 9.17) is 4.74 Å². The molecule has 1 aromatic carbocycles. The molecule has 7 heteroatoms. The van der Waals surface area contributed by atoms with Gasteiger partial charge in [0.25, 0.3) is 0 Å². The summed E-state index contributed by atoms with van der Waals surface area (Å²) >= 11 is 3.08. The predicted octanol–water partition coefficient (Wildman–Crippen LogP) is 4.05. The molecule has 2 aromatic rings. The number of ether oxygens (including phenoxy) is 1. The topological polar surface area (TPSA) is 35.0 Å². The Labute approximate surface area is 109 Å². The van der Waals surface area contributed by atoms with Gasteiger partial charge in [-0.15, -0.1) is 0 Å². The van der Waals surface area contributed by atoms with Gasteiger partial charge in [0.05, 0.1) is 5.56 Å². The lowest BCUT2D eigenvalue weighted by Gasteiger charge is -2.12. The van der Waals surface area contributed by atoms with Crippen LogP contribution in [0.5, 0.6) is 11.6 Å². The summed E-state index contributed by atoms with van der Waals surface area (Å²) in [5.74, 6) is -0.260. The van der Waals surface area contributed by atoms with Crippen LogP contribution in [0.25, 0.3) is 0 Å². The Morgan fingerprint density at radius 1 is 1.11 bits per heavy atom. The fourth-order valence-corrected chi connectivity index (χ4v) is 1.56.